The lowest BCUT2D eigenvalue weighted by molar-refractivity contribution is -0.133. The standard InChI is InChI=1S/C12H14N4O2S/c1-9-3-2-4-10(7-9)5-6-16-12(13-14-15-16)19-8-11(17)18/h2-4,7H,5-6,8H2,1H3,(H,17,18). The molecule has 0 aliphatic rings. The van der Waals surface area contributed by atoms with Gasteiger partial charge >= 0.3 is 5.97 Å². The van der Waals surface area contributed by atoms with Crippen LogP contribution in [-0.4, -0.2) is 37.0 Å². The molecule has 0 aliphatic heterocycles. The van der Waals surface area contributed by atoms with Crippen LogP contribution in [0.25, 0.3) is 0 Å². The molecule has 2 rings (SSSR count). The van der Waals surface area contributed by atoms with E-state index in [9.17, 15) is 4.79 Å². The topological polar surface area (TPSA) is 80.9 Å². The van der Waals surface area contributed by atoms with E-state index in [0.29, 0.717) is 11.7 Å². The smallest absolute Gasteiger partial charge is 0.313 e. The van der Waals surface area contributed by atoms with Gasteiger partial charge in [-0.2, -0.15) is 0 Å². The van der Waals surface area contributed by atoms with Gasteiger partial charge in [0.1, 0.15) is 0 Å². The summed E-state index contributed by atoms with van der Waals surface area (Å²) in [5.41, 5.74) is 2.43. The number of aryl methyl sites for hydroxylation is 3. The zero-order chi connectivity index (χ0) is 13.7. The van der Waals surface area contributed by atoms with Gasteiger partial charge in [-0.15, -0.1) is 5.10 Å². The molecule has 7 heteroatoms. The molecule has 1 aromatic carbocycles. The lowest BCUT2D eigenvalue weighted by atomic mass is 10.1. The summed E-state index contributed by atoms with van der Waals surface area (Å²) in [6.07, 6.45) is 0.813. The number of nitrogens with zero attached hydrogens (tertiary/aromatic N) is 4. The second-order valence-electron chi connectivity index (χ2n) is 4.11. The number of hydrogen-bond acceptors (Lipinski definition) is 5. The molecule has 19 heavy (non-hydrogen) atoms. The zero-order valence-electron chi connectivity index (χ0n) is 10.5. The predicted octanol–water partition coefficient (Wildman–Crippen LogP) is 1.40. The number of carboxylic acid groups (broad SMARTS) is 1. The molecular weight excluding hydrogens is 264 g/mol. The van der Waals surface area contributed by atoms with Gasteiger partial charge in [0, 0.05) is 6.54 Å². The molecule has 2 aromatic rings. The average Bonchev–Trinajstić information content (AvgIpc) is 2.81. The third kappa shape index (κ3) is 4.06. The highest BCUT2D eigenvalue weighted by atomic mass is 32.2. The summed E-state index contributed by atoms with van der Waals surface area (Å²) >= 11 is 1.13. The number of rotatable bonds is 6. The zero-order valence-corrected chi connectivity index (χ0v) is 11.3. The maximum atomic E-state index is 10.5. The fourth-order valence-electron chi connectivity index (χ4n) is 1.67. The van der Waals surface area contributed by atoms with Crippen molar-refractivity contribution in [2.45, 2.75) is 25.0 Å². The minimum Gasteiger partial charge on any atom is -0.481 e. The number of thioether (sulfide) groups is 1. The first-order valence-corrected chi connectivity index (χ1v) is 6.80. The van der Waals surface area contributed by atoms with Gasteiger partial charge in [0.25, 0.3) is 0 Å². The van der Waals surface area contributed by atoms with E-state index in [1.807, 2.05) is 6.07 Å². The molecule has 6 nitrogen and oxygen atoms in total. The van der Waals surface area contributed by atoms with E-state index in [1.54, 1.807) is 4.68 Å². The molecule has 0 aliphatic carbocycles. The largest absolute Gasteiger partial charge is 0.481 e. The van der Waals surface area contributed by atoms with Gasteiger partial charge in [-0.1, -0.05) is 41.6 Å². The van der Waals surface area contributed by atoms with Crippen LogP contribution < -0.4 is 0 Å². The maximum absolute atomic E-state index is 10.5. The Morgan fingerprint density at radius 3 is 3.05 bits per heavy atom. The highest BCUT2D eigenvalue weighted by molar-refractivity contribution is 7.99. The second kappa shape index (κ2) is 6.33. The van der Waals surface area contributed by atoms with Crippen molar-refractivity contribution in [2.75, 3.05) is 5.75 Å². The molecule has 1 N–H and O–H groups in total. The van der Waals surface area contributed by atoms with E-state index in [0.717, 1.165) is 18.2 Å². The second-order valence-corrected chi connectivity index (χ2v) is 5.05. The fraction of sp³-hybridized carbons (Fsp3) is 0.333. The van der Waals surface area contributed by atoms with Crippen LogP contribution in [0, 0.1) is 6.92 Å². The van der Waals surface area contributed by atoms with Gasteiger partial charge in [0.05, 0.1) is 5.75 Å². The van der Waals surface area contributed by atoms with E-state index in [1.165, 1.54) is 11.1 Å². The van der Waals surface area contributed by atoms with E-state index >= 15 is 0 Å². The summed E-state index contributed by atoms with van der Waals surface area (Å²) in [7, 11) is 0. The average molecular weight is 278 g/mol. The number of benzene rings is 1. The highest BCUT2D eigenvalue weighted by Crippen LogP contribution is 2.14. The van der Waals surface area contributed by atoms with Gasteiger partial charge in [0.15, 0.2) is 0 Å². The van der Waals surface area contributed by atoms with Crippen LogP contribution in [0.1, 0.15) is 11.1 Å². The maximum Gasteiger partial charge on any atom is 0.313 e. The summed E-state index contributed by atoms with van der Waals surface area (Å²) in [5, 5.41) is 20.5. The van der Waals surface area contributed by atoms with Crippen molar-refractivity contribution >= 4 is 17.7 Å². The summed E-state index contributed by atoms with van der Waals surface area (Å²) in [5.74, 6) is -0.914. The van der Waals surface area contributed by atoms with Crippen molar-refractivity contribution in [3.8, 4) is 0 Å². The molecule has 1 heterocycles. The quantitative estimate of drug-likeness (QED) is 0.804. The van der Waals surface area contributed by atoms with Crippen molar-refractivity contribution in [3.63, 3.8) is 0 Å². The van der Waals surface area contributed by atoms with Crippen LogP contribution in [0.3, 0.4) is 0 Å². The number of aliphatic carboxylic acids is 1. The van der Waals surface area contributed by atoms with E-state index in [-0.39, 0.29) is 5.75 Å². The first-order valence-electron chi connectivity index (χ1n) is 5.81. The number of carbonyl (C=O) groups is 1. The third-order valence-electron chi connectivity index (χ3n) is 2.52. The Kier molecular flexibility index (Phi) is 4.51. The predicted molar refractivity (Wildman–Crippen MR) is 71.1 cm³/mol. The Morgan fingerprint density at radius 1 is 1.47 bits per heavy atom. The van der Waals surface area contributed by atoms with E-state index in [2.05, 4.69) is 40.6 Å². The Bertz CT molecular complexity index is 570. The Morgan fingerprint density at radius 2 is 2.32 bits per heavy atom. The van der Waals surface area contributed by atoms with Crippen molar-refractivity contribution in [1.82, 2.24) is 20.2 Å². The van der Waals surface area contributed by atoms with Gasteiger partial charge < -0.3 is 5.11 Å². The minimum atomic E-state index is -0.877. The first kappa shape index (κ1) is 13.5. The molecule has 1 aromatic heterocycles. The molecule has 0 radical (unpaired) electrons. The molecular formula is C12H14N4O2S. The molecule has 0 bridgehead atoms. The third-order valence-corrected chi connectivity index (χ3v) is 3.46. The molecule has 0 fully saturated rings. The molecule has 0 unspecified atom stereocenters. The van der Waals surface area contributed by atoms with Gasteiger partial charge in [-0.25, -0.2) is 4.68 Å². The summed E-state index contributed by atoms with van der Waals surface area (Å²) in [4.78, 5) is 10.5. The number of carboxylic acids is 1. The van der Waals surface area contributed by atoms with E-state index < -0.39 is 5.97 Å². The Balaban J connectivity index is 1.96. The summed E-state index contributed by atoms with van der Waals surface area (Å²) < 4.78 is 1.63. The fourth-order valence-corrected chi connectivity index (χ4v) is 2.29. The molecule has 0 atom stereocenters. The lowest BCUT2D eigenvalue weighted by Gasteiger charge is -2.04. The summed E-state index contributed by atoms with van der Waals surface area (Å²) in [6, 6.07) is 8.24. The van der Waals surface area contributed by atoms with Crippen molar-refractivity contribution < 1.29 is 9.90 Å². The van der Waals surface area contributed by atoms with Crippen LogP contribution in [0.2, 0.25) is 0 Å². The minimum absolute atomic E-state index is 0.0369. The van der Waals surface area contributed by atoms with Crippen molar-refractivity contribution in [2.24, 2.45) is 0 Å². The van der Waals surface area contributed by atoms with Crippen LogP contribution in [0.5, 0.6) is 0 Å². The van der Waals surface area contributed by atoms with Crippen molar-refractivity contribution in [3.05, 3.63) is 35.4 Å². The van der Waals surface area contributed by atoms with Crippen molar-refractivity contribution in [1.29, 1.82) is 0 Å². The van der Waals surface area contributed by atoms with E-state index in [4.69, 9.17) is 5.11 Å². The first-order chi connectivity index (χ1) is 9.15. The van der Waals surface area contributed by atoms with Crippen LogP contribution in [-0.2, 0) is 17.8 Å². The van der Waals surface area contributed by atoms with Gasteiger partial charge in [-0.05, 0) is 29.3 Å². The lowest BCUT2D eigenvalue weighted by Crippen LogP contribution is -2.07. The normalized spacial score (nSPS) is 10.6. The molecule has 0 saturated carbocycles. The number of hydrogen-bond donors (Lipinski definition) is 1. The molecule has 100 valence electrons. The monoisotopic (exact) mass is 278 g/mol. The number of aromatic nitrogens is 4. The number of tetrazole rings is 1. The van der Waals surface area contributed by atoms with Gasteiger partial charge in [0.2, 0.25) is 5.16 Å². The van der Waals surface area contributed by atoms with Crippen LogP contribution >= 0.6 is 11.8 Å². The molecule has 0 spiro atoms. The SMILES string of the molecule is Cc1cccc(CCn2nnnc2SCC(=O)O)c1. The Labute approximate surface area is 114 Å². The van der Waals surface area contributed by atoms with Crippen LogP contribution in [0.15, 0.2) is 29.4 Å². The highest BCUT2D eigenvalue weighted by Gasteiger charge is 2.09. The molecule has 0 saturated heterocycles. The summed E-state index contributed by atoms with van der Waals surface area (Å²) in [6.45, 7) is 2.69. The van der Waals surface area contributed by atoms with Crippen LogP contribution in [0.4, 0.5) is 0 Å². The van der Waals surface area contributed by atoms with Gasteiger partial charge in [-0.3, -0.25) is 4.79 Å². The Hall–Kier alpha value is -1.89. The molecule has 0 amide bonds.